The van der Waals surface area contributed by atoms with Crippen LogP contribution in [0.4, 0.5) is 14.4 Å². The maximum absolute atomic E-state index is 14.0. The zero-order valence-electron chi connectivity index (χ0n) is 15.6. The molecule has 0 aliphatic carbocycles. The molecule has 4 heterocycles. The minimum absolute atomic E-state index is 0.505. The topological polar surface area (TPSA) is 46.0 Å². The first-order chi connectivity index (χ1) is 12.9. The van der Waals surface area contributed by atoms with Crippen LogP contribution in [0.5, 0.6) is 0 Å². The fraction of sp³-hybridized carbons (Fsp3) is 0.200. The monoisotopic (exact) mass is 364 g/mol. The predicted molar refractivity (Wildman–Crippen MR) is 106 cm³/mol. The van der Waals surface area contributed by atoms with Crippen LogP contribution in [0.2, 0.25) is 0 Å². The van der Waals surface area contributed by atoms with Crippen molar-refractivity contribution in [2.75, 3.05) is 0 Å². The summed E-state index contributed by atoms with van der Waals surface area (Å²) in [5.41, 5.74) is 7.00. The number of aryl methyl sites for hydroxylation is 4. The standard InChI is InChI=1S/C20H19BF2N4/c1-11-8-13(3)26-18(11)17(16-10-25-20-15(16)6-5-7-24-20)19-12(2)9-14(4)27(19)21(22)23/h5-10,26H,1-4H3/b17-16-. The zero-order chi connectivity index (χ0) is 19.3. The molecule has 0 fully saturated rings. The number of hydrogen-bond acceptors (Lipinski definition) is 2. The third kappa shape index (κ3) is 2.74. The molecule has 4 rings (SSSR count). The van der Waals surface area contributed by atoms with Gasteiger partial charge in [-0.3, -0.25) is 8.63 Å². The largest absolute Gasteiger partial charge is 0.677 e. The second-order valence-corrected chi connectivity index (χ2v) is 6.90. The average molecular weight is 364 g/mol. The van der Waals surface area contributed by atoms with E-state index in [1.165, 1.54) is 0 Å². The van der Waals surface area contributed by atoms with Crippen LogP contribution in [0.15, 0.2) is 35.5 Å². The number of nitrogens with zero attached hydrogens (tertiary/aromatic N) is 3. The van der Waals surface area contributed by atoms with Crippen LogP contribution in [0.3, 0.4) is 0 Å². The average Bonchev–Trinajstić information content (AvgIpc) is 3.25. The van der Waals surface area contributed by atoms with E-state index < -0.39 is 7.40 Å². The van der Waals surface area contributed by atoms with E-state index in [-0.39, 0.29) is 0 Å². The lowest BCUT2D eigenvalue weighted by Gasteiger charge is -2.16. The Labute approximate surface area is 156 Å². The Morgan fingerprint density at radius 2 is 1.89 bits per heavy atom. The molecule has 0 saturated carbocycles. The minimum Gasteiger partial charge on any atom is -0.358 e. The van der Waals surface area contributed by atoms with Crippen molar-refractivity contribution in [3.8, 4) is 0 Å². The third-order valence-electron chi connectivity index (χ3n) is 4.91. The number of hydrogen-bond donors (Lipinski definition) is 1. The maximum atomic E-state index is 14.0. The first-order valence-corrected chi connectivity index (χ1v) is 8.75. The van der Waals surface area contributed by atoms with E-state index in [1.54, 1.807) is 25.4 Å². The van der Waals surface area contributed by atoms with Crippen molar-refractivity contribution in [3.63, 3.8) is 0 Å². The molecule has 3 aromatic heterocycles. The molecular formula is C20H19BF2N4. The summed E-state index contributed by atoms with van der Waals surface area (Å²) in [6, 6.07) is 7.57. The van der Waals surface area contributed by atoms with Crippen LogP contribution in [0.1, 0.15) is 39.5 Å². The molecule has 0 unspecified atom stereocenters. The van der Waals surface area contributed by atoms with Gasteiger partial charge in [-0.25, -0.2) is 9.98 Å². The van der Waals surface area contributed by atoms with E-state index >= 15 is 0 Å². The first kappa shape index (κ1) is 17.5. The quantitative estimate of drug-likeness (QED) is 0.661. The lowest BCUT2D eigenvalue weighted by molar-refractivity contribution is 0.624. The van der Waals surface area contributed by atoms with E-state index in [2.05, 4.69) is 15.0 Å². The molecule has 0 radical (unpaired) electrons. The molecule has 7 heteroatoms. The number of halogens is 2. The summed E-state index contributed by atoms with van der Waals surface area (Å²) in [5.74, 6) is 0.607. The van der Waals surface area contributed by atoms with Crippen molar-refractivity contribution in [1.82, 2.24) is 14.4 Å². The van der Waals surface area contributed by atoms with E-state index in [4.69, 9.17) is 0 Å². The van der Waals surface area contributed by atoms with Crippen LogP contribution < -0.4 is 0 Å². The van der Waals surface area contributed by atoms with Gasteiger partial charge in [0.2, 0.25) is 0 Å². The summed E-state index contributed by atoms with van der Waals surface area (Å²) >= 11 is 0. The van der Waals surface area contributed by atoms with Crippen molar-refractivity contribution in [2.45, 2.75) is 27.7 Å². The molecule has 27 heavy (non-hydrogen) atoms. The van der Waals surface area contributed by atoms with Gasteiger partial charge in [-0.2, -0.15) is 0 Å². The molecule has 0 bridgehead atoms. The Morgan fingerprint density at radius 1 is 1.11 bits per heavy atom. The number of nitrogens with one attached hydrogen (secondary N) is 1. The van der Waals surface area contributed by atoms with Crippen LogP contribution in [0.25, 0.3) is 11.1 Å². The summed E-state index contributed by atoms with van der Waals surface area (Å²) in [5, 5.41) is 0. The number of allylic oxidation sites excluding steroid dienone is 1. The summed E-state index contributed by atoms with van der Waals surface area (Å²) in [6.07, 6.45) is 3.40. The van der Waals surface area contributed by atoms with Gasteiger partial charge in [0.05, 0.1) is 5.69 Å². The van der Waals surface area contributed by atoms with Crippen LogP contribution in [0, 0.1) is 27.7 Å². The number of pyridine rings is 1. The molecule has 1 aliphatic heterocycles. The van der Waals surface area contributed by atoms with Gasteiger partial charge < -0.3 is 9.46 Å². The molecule has 0 aromatic carbocycles. The number of aliphatic imine (C=N–C) groups is 1. The Balaban J connectivity index is 2.12. The highest BCUT2D eigenvalue weighted by Crippen LogP contribution is 2.40. The fourth-order valence-electron chi connectivity index (χ4n) is 3.86. The van der Waals surface area contributed by atoms with Gasteiger partial charge in [0.15, 0.2) is 5.82 Å². The van der Waals surface area contributed by atoms with Crippen molar-refractivity contribution in [3.05, 3.63) is 69.9 Å². The van der Waals surface area contributed by atoms with Crippen LogP contribution in [-0.2, 0) is 0 Å². The van der Waals surface area contributed by atoms with Crippen molar-refractivity contribution < 1.29 is 8.63 Å². The highest BCUT2D eigenvalue weighted by molar-refractivity contribution is 6.42. The lowest BCUT2D eigenvalue weighted by Crippen LogP contribution is -2.18. The summed E-state index contributed by atoms with van der Waals surface area (Å²) in [7, 11) is -2.63. The van der Waals surface area contributed by atoms with Crippen molar-refractivity contribution >= 4 is 30.6 Å². The summed E-state index contributed by atoms with van der Waals surface area (Å²) in [4.78, 5) is 12.0. The molecular weight excluding hydrogens is 345 g/mol. The second kappa shape index (κ2) is 6.34. The molecule has 0 spiro atoms. The third-order valence-corrected chi connectivity index (χ3v) is 4.91. The molecule has 4 nitrogen and oxygen atoms in total. The van der Waals surface area contributed by atoms with Gasteiger partial charge in [0, 0.05) is 46.2 Å². The van der Waals surface area contributed by atoms with Crippen LogP contribution >= 0.6 is 0 Å². The van der Waals surface area contributed by atoms with Crippen molar-refractivity contribution in [2.24, 2.45) is 4.99 Å². The highest BCUT2D eigenvalue weighted by atomic mass is 19.2. The van der Waals surface area contributed by atoms with Crippen LogP contribution in [-0.4, -0.2) is 28.1 Å². The first-order valence-electron chi connectivity index (χ1n) is 8.75. The molecule has 0 atom stereocenters. The second-order valence-electron chi connectivity index (χ2n) is 6.90. The Morgan fingerprint density at radius 3 is 2.56 bits per heavy atom. The molecule has 0 saturated heterocycles. The molecule has 1 N–H and O–H groups in total. The molecule has 136 valence electrons. The van der Waals surface area contributed by atoms with Gasteiger partial charge in [-0.05, 0) is 63.1 Å². The minimum atomic E-state index is -2.63. The van der Waals surface area contributed by atoms with E-state index in [0.29, 0.717) is 17.2 Å². The Bertz CT molecular complexity index is 1110. The summed E-state index contributed by atoms with van der Waals surface area (Å²) in [6.45, 7) is 7.51. The number of aromatic nitrogens is 3. The smallest absolute Gasteiger partial charge is 0.358 e. The van der Waals surface area contributed by atoms with Crippen molar-refractivity contribution in [1.29, 1.82) is 0 Å². The van der Waals surface area contributed by atoms with Gasteiger partial charge in [0.1, 0.15) is 0 Å². The SMILES string of the molecule is Cc1cc(C)c(/C(=C2\C=Nc3ncccc32)c2c(C)cc(C)n2B(F)F)[nH]1. The zero-order valence-corrected chi connectivity index (χ0v) is 15.6. The Kier molecular flexibility index (Phi) is 4.10. The van der Waals surface area contributed by atoms with Gasteiger partial charge in [-0.15, -0.1) is 0 Å². The molecule has 1 aliphatic rings. The predicted octanol–water partition coefficient (Wildman–Crippen LogP) is 4.89. The van der Waals surface area contributed by atoms with Gasteiger partial charge in [-0.1, -0.05) is 0 Å². The lowest BCUT2D eigenvalue weighted by atomic mass is 9.93. The molecule has 3 aromatic rings. The number of rotatable bonds is 3. The molecule has 0 amide bonds. The van der Waals surface area contributed by atoms with E-state index in [1.807, 2.05) is 39.0 Å². The van der Waals surface area contributed by atoms with E-state index in [9.17, 15) is 8.63 Å². The number of H-pyrrole nitrogens is 1. The van der Waals surface area contributed by atoms with E-state index in [0.717, 1.165) is 43.7 Å². The fourth-order valence-corrected chi connectivity index (χ4v) is 3.86. The highest BCUT2D eigenvalue weighted by Gasteiger charge is 2.30. The normalized spacial score (nSPS) is 14.6. The number of fused-ring (bicyclic) bond motifs is 1. The summed E-state index contributed by atoms with van der Waals surface area (Å²) < 4.78 is 29.0. The Hall–Kier alpha value is -2.96. The maximum Gasteiger partial charge on any atom is 0.677 e. The van der Waals surface area contributed by atoms with Gasteiger partial charge in [0.25, 0.3) is 0 Å². The van der Waals surface area contributed by atoms with Gasteiger partial charge >= 0.3 is 7.40 Å². The number of aromatic amines is 1.